The van der Waals surface area contributed by atoms with E-state index in [1.54, 1.807) is 10.9 Å². The van der Waals surface area contributed by atoms with Crippen molar-refractivity contribution in [2.24, 2.45) is 17.6 Å². The van der Waals surface area contributed by atoms with Crippen molar-refractivity contribution in [3.05, 3.63) is 36.0 Å². The highest BCUT2D eigenvalue weighted by molar-refractivity contribution is 6.03. The second-order valence-corrected chi connectivity index (χ2v) is 7.91. The lowest BCUT2D eigenvalue weighted by atomic mass is 9.93. The van der Waals surface area contributed by atoms with Crippen LogP contribution in [0.5, 0.6) is 5.75 Å². The number of aromatic nitrogens is 3. The number of pyridine rings is 1. The average Bonchev–Trinajstić information content (AvgIpc) is 2.98. The first kappa shape index (κ1) is 20.6. The van der Waals surface area contributed by atoms with Gasteiger partial charge < -0.3 is 16.2 Å². The van der Waals surface area contributed by atoms with E-state index in [1.165, 1.54) is 0 Å². The third-order valence-corrected chi connectivity index (χ3v) is 5.08. The summed E-state index contributed by atoms with van der Waals surface area (Å²) in [5, 5.41) is 5.64. The van der Waals surface area contributed by atoms with Crippen LogP contribution in [0.4, 0.5) is 5.82 Å². The van der Waals surface area contributed by atoms with Crippen LogP contribution in [0.25, 0.3) is 22.2 Å². The second-order valence-electron chi connectivity index (χ2n) is 7.91. The number of nitrogens with zero attached hydrogens (tertiary/aromatic N) is 3. The molecular formula is C22H29N5O2. The molecule has 7 heteroatoms. The number of rotatable bonds is 7. The highest BCUT2D eigenvalue weighted by Gasteiger charge is 2.28. The van der Waals surface area contributed by atoms with Crippen LogP contribution in [-0.2, 0) is 0 Å². The maximum atomic E-state index is 12.2. The molecule has 0 aliphatic carbocycles. The van der Waals surface area contributed by atoms with E-state index in [9.17, 15) is 4.79 Å². The number of hydrogen-bond donors (Lipinski definition) is 2. The number of nitrogen functional groups attached to an aromatic ring is 1. The molecule has 2 aromatic heterocycles. The molecule has 1 amide bonds. The van der Waals surface area contributed by atoms with Crippen LogP contribution in [0, 0.1) is 11.8 Å². The maximum absolute atomic E-state index is 12.2. The Morgan fingerprint density at radius 2 is 1.86 bits per heavy atom. The number of hydrogen-bond acceptors (Lipinski definition) is 5. The summed E-state index contributed by atoms with van der Waals surface area (Å²) < 4.78 is 7.28. The zero-order valence-corrected chi connectivity index (χ0v) is 17.6. The number of benzene rings is 1. The number of amides is 1. The molecule has 0 spiro atoms. The molecule has 1 aromatic carbocycles. The molecule has 3 aromatic rings. The molecule has 2 heterocycles. The molecule has 7 nitrogen and oxygen atoms in total. The van der Waals surface area contributed by atoms with Gasteiger partial charge in [-0.2, -0.15) is 5.10 Å². The van der Waals surface area contributed by atoms with E-state index in [2.05, 4.69) is 32.7 Å². The van der Waals surface area contributed by atoms with E-state index in [-0.39, 0.29) is 23.4 Å². The predicted octanol–water partition coefficient (Wildman–Crippen LogP) is 4.03. The fraction of sp³-hybridized carbons (Fsp3) is 0.409. The molecule has 3 rings (SSSR count). The van der Waals surface area contributed by atoms with Gasteiger partial charge in [0.1, 0.15) is 22.8 Å². The number of ether oxygens (including phenoxy) is 1. The second kappa shape index (κ2) is 8.11. The van der Waals surface area contributed by atoms with Crippen molar-refractivity contribution in [1.29, 1.82) is 0 Å². The minimum atomic E-state index is -0.596. The number of carbonyl (C=O) groups is 1. The van der Waals surface area contributed by atoms with E-state index < -0.39 is 5.91 Å². The number of nitrogens with two attached hydrogens (primary N) is 2. The normalized spacial score (nSPS) is 11.7. The summed E-state index contributed by atoms with van der Waals surface area (Å²) in [6.45, 7) is 11.0. The molecule has 154 valence electrons. The van der Waals surface area contributed by atoms with Gasteiger partial charge in [0.2, 0.25) is 0 Å². The van der Waals surface area contributed by atoms with Crippen molar-refractivity contribution in [2.45, 2.75) is 40.7 Å². The van der Waals surface area contributed by atoms with Crippen LogP contribution in [0.2, 0.25) is 0 Å². The first-order valence-corrected chi connectivity index (χ1v) is 9.95. The fourth-order valence-electron chi connectivity index (χ4n) is 3.94. The molecule has 0 saturated heterocycles. The third-order valence-electron chi connectivity index (χ3n) is 5.08. The maximum Gasteiger partial charge on any atom is 0.254 e. The summed E-state index contributed by atoms with van der Waals surface area (Å²) in [6, 6.07) is 7.71. The van der Waals surface area contributed by atoms with Gasteiger partial charge in [0.05, 0.1) is 18.2 Å². The zero-order chi connectivity index (χ0) is 21.3. The SMILES string of the molecule is CCOc1ccc2cc(-c3nn(C(C(C)C)C(C)C)c(N)c3C(N)=O)cnc2c1. The third kappa shape index (κ3) is 3.90. The summed E-state index contributed by atoms with van der Waals surface area (Å²) in [5.74, 6) is 1.05. The van der Waals surface area contributed by atoms with Gasteiger partial charge in [-0.25, -0.2) is 4.68 Å². The largest absolute Gasteiger partial charge is 0.494 e. The number of carbonyl (C=O) groups excluding carboxylic acids is 1. The lowest BCUT2D eigenvalue weighted by Crippen LogP contribution is -2.24. The summed E-state index contributed by atoms with van der Waals surface area (Å²) >= 11 is 0. The van der Waals surface area contributed by atoms with Crippen molar-refractivity contribution in [3.8, 4) is 17.0 Å². The Balaban J connectivity index is 2.15. The van der Waals surface area contributed by atoms with Crippen LogP contribution in [0.3, 0.4) is 0 Å². The van der Waals surface area contributed by atoms with Crippen LogP contribution in [-0.4, -0.2) is 27.3 Å². The summed E-state index contributed by atoms with van der Waals surface area (Å²) in [5.41, 5.74) is 14.2. The fourth-order valence-corrected chi connectivity index (χ4v) is 3.94. The van der Waals surface area contributed by atoms with Crippen LogP contribution < -0.4 is 16.2 Å². The monoisotopic (exact) mass is 395 g/mol. The Labute approximate surface area is 171 Å². The first-order chi connectivity index (χ1) is 13.7. The lowest BCUT2D eigenvalue weighted by molar-refractivity contribution is 0.100. The van der Waals surface area contributed by atoms with Crippen molar-refractivity contribution in [2.75, 3.05) is 12.3 Å². The van der Waals surface area contributed by atoms with Gasteiger partial charge in [-0.05, 0) is 37.0 Å². The number of anilines is 1. The molecule has 4 N–H and O–H groups in total. The smallest absolute Gasteiger partial charge is 0.254 e. The topological polar surface area (TPSA) is 109 Å². The van der Waals surface area contributed by atoms with Crippen molar-refractivity contribution < 1.29 is 9.53 Å². The standard InChI is InChI=1S/C22H29N5O2/c1-6-29-16-8-7-14-9-15(11-25-17(14)10-16)19-18(22(24)28)21(23)27(26-19)20(12(2)3)13(4)5/h7-13,20H,6,23H2,1-5H3,(H2,24,28). The molecule has 0 saturated carbocycles. The van der Waals surface area contributed by atoms with Crippen LogP contribution in [0.15, 0.2) is 30.5 Å². The first-order valence-electron chi connectivity index (χ1n) is 9.95. The Kier molecular flexibility index (Phi) is 5.77. The summed E-state index contributed by atoms with van der Waals surface area (Å²) in [7, 11) is 0. The van der Waals surface area contributed by atoms with Gasteiger partial charge in [-0.1, -0.05) is 27.7 Å². The van der Waals surface area contributed by atoms with Crippen molar-refractivity contribution in [1.82, 2.24) is 14.8 Å². The van der Waals surface area contributed by atoms with Crippen molar-refractivity contribution >= 4 is 22.6 Å². The molecular weight excluding hydrogens is 366 g/mol. The lowest BCUT2D eigenvalue weighted by Gasteiger charge is -2.26. The minimum absolute atomic E-state index is 0.0454. The van der Waals surface area contributed by atoms with E-state index in [0.717, 1.165) is 16.7 Å². The van der Waals surface area contributed by atoms with Gasteiger partial charge in [0.25, 0.3) is 5.91 Å². The van der Waals surface area contributed by atoms with Gasteiger partial charge >= 0.3 is 0 Å². The highest BCUT2D eigenvalue weighted by Crippen LogP contribution is 2.35. The molecule has 0 fully saturated rings. The van der Waals surface area contributed by atoms with Gasteiger partial charge in [0, 0.05) is 23.2 Å². The van der Waals surface area contributed by atoms with Gasteiger partial charge in [0.15, 0.2) is 0 Å². The molecule has 0 bridgehead atoms. The molecule has 0 unspecified atom stereocenters. The van der Waals surface area contributed by atoms with E-state index in [0.29, 0.717) is 23.7 Å². The highest BCUT2D eigenvalue weighted by atomic mass is 16.5. The summed E-state index contributed by atoms with van der Waals surface area (Å²) in [6.07, 6.45) is 1.69. The van der Waals surface area contributed by atoms with E-state index in [4.69, 9.17) is 21.3 Å². The number of fused-ring (bicyclic) bond motifs is 1. The zero-order valence-electron chi connectivity index (χ0n) is 17.6. The Morgan fingerprint density at radius 1 is 1.17 bits per heavy atom. The molecule has 0 aliphatic rings. The molecule has 29 heavy (non-hydrogen) atoms. The van der Waals surface area contributed by atoms with Crippen molar-refractivity contribution in [3.63, 3.8) is 0 Å². The predicted molar refractivity (Wildman–Crippen MR) is 116 cm³/mol. The number of primary amides is 1. The molecule has 0 aliphatic heterocycles. The van der Waals surface area contributed by atoms with Gasteiger partial charge in [-0.15, -0.1) is 0 Å². The summed E-state index contributed by atoms with van der Waals surface area (Å²) in [4.78, 5) is 16.8. The van der Waals surface area contributed by atoms with E-state index in [1.807, 2.05) is 31.2 Å². The Morgan fingerprint density at radius 3 is 2.45 bits per heavy atom. The molecule has 0 radical (unpaired) electrons. The average molecular weight is 396 g/mol. The van der Waals surface area contributed by atoms with E-state index >= 15 is 0 Å². The van der Waals surface area contributed by atoms with Crippen LogP contribution in [0.1, 0.15) is 51.0 Å². The Hall–Kier alpha value is -3.09. The minimum Gasteiger partial charge on any atom is -0.494 e. The quantitative estimate of drug-likeness (QED) is 0.628. The molecule has 0 atom stereocenters. The van der Waals surface area contributed by atoms with Gasteiger partial charge in [-0.3, -0.25) is 9.78 Å². The Bertz CT molecular complexity index is 1030. The van der Waals surface area contributed by atoms with Crippen LogP contribution >= 0.6 is 0 Å².